The lowest BCUT2D eigenvalue weighted by Crippen LogP contribution is -2.49. The molecule has 0 bridgehead atoms. The minimum Gasteiger partial charge on any atom is -0.371 e. The van der Waals surface area contributed by atoms with Crippen LogP contribution in [0, 0.1) is 6.92 Å². The molecule has 3 heterocycles. The van der Waals surface area contributed by atoms with Crippen LogP contribution in [-0.4, -0.2) is 61.0 Å². The van der Waals surface area contributed by atoms with Gasteiger partial charge in [-0.2, -0.15) is 0 Å². The minimum atomic E-state index is -0.131. The number of benzene rings is 2. The molecule has 1 N–H and O–H groups in total. The summed E-state index contributed by atoms with van der Waals surface area (Å²) in [4.78, 5) is 36.4. The summed E-state index contributed by atoms with van der Waals surface area (Å²) in [6.45, 7) is 6.55. The van der Waals surface area contributed by atoms with Gasteiger partial charge in [0.15, 0.2) is 0 Å². The number of aromatic nitrogens is 1. The van der Waals surface area contributed by atoms with Crippen LogP contribution >= 0.6 is 23.2 Å². The van der Waals surface area contributed by atoms with Crippen molar-refractivity contribution in [3.8, 4) is 0 Å². The average Bonchev–Trinajstić information content (AvgIpc) is 3.46. The van der Waals surface area contributed by atoms with Gasteiger partial charge < -0.3 is 20.0 Å². The highest BCUT2D eigenvalue weighted by Crippen LogP contribution is 2.26. The van der Waals surface area contributed by atoms with Crippen LogP contribution in [0.2, 0.25) is 10.2 Å². The minimum absolute atomic E-state index is 0.0140. The summed E-state index contributed by atoms with van der Waals surface area (Å²) in [5, 5.41) is 3.78. The van der Waals surface area contributed by atoms with E-state index >= 15 is 0 Å². The molecule has 2 amide bonds. The lowest BCUT2D eigenvalue weighted by atomic mass is 10.1. The molecule has 2 aliphatic rings. The number of pyridine rings is 1. The van der Waals surface area contributed by atoms with E-state index in [2.05, 4.69) is 26.2 Å². The Hall–Kier alpha value is -3.29. The molecular weight excluding hydrogens is 521 g/mol. The van der Waals surface area contributed by atoms with Gasteiger partial charge in [-0.1, -0.05) is 29.3 Å². The molecule has 198 valence electrons. The summed E-state index contributed by atoms with van der Waals surface area (Å²) in [7, 11) is 0. The molecule has 3 aromatic rings. The predicted molar refractivity (Wildman–Crippen MR) is 154 cm³/mol. The number of amides is 2. The Kier molecular flexibility index (Phi) is 8.05. The Bertz CT molecular complexity index is 1290. The first-order chi connectivity index (χ1) is 18.4. The van der Waals surface area contributed by atoms with E-state index in [0.29, 0.717) is 42.3 Å². The number of nitrogens with zero attached hydrogens (tertiary/aromatic N) is 4. The number of hydrogen-bond donors (Lipinski definition) is 1. The van der Waals surface area contributed by atoms with E-state index < -0.39 is 0 Å². The summed E-state index contributed by atoms with van der Waals surface area (Å²) >= 11 is 12.5. The number of carbonyl (C=O) groups excluding carboxylic acids is 2. The molecule has 0 unspecified atom stereocenters. The molecule has 0 atom stereocenters. The van der Waals surface area contributed by atoms with Crippen LogP contribution in [0.5, 0.6) is 0 Å². The van der Waals surface area contributed by atoms with Gasteiger partial charge in [-0.25, -0.2) is 4.98 Å². The molecule has 5 rings (SSSR count). The number of nitrogens with one attached hydrogen (secondary N) is 1. The molecule has 0 saturated carbocycles. The van der Waals surface area contributed by atoms with Crippen molar-refractivity contribution in [1.29, 1.82) is 0 Å². The molecule has 0 spiro atoms. The van der Waals surface area contributed by atoms with E-state index in [1.165, 1.54) is 12.8 Å². The Morgan fingerprint density at radius 2 is 1.55 bits per heavy atom. The normalized spacial score (nSPS) is 15.6. The van der Waals surface area contributed by atoms with Crippen molar-refractivity contribution in [3.63, 3.8) is 0 Å². The first-order valence-corrected chi connectivity index (χ1v) is 13.7. The summed E-state index contributed by atoms with van der Waals surface area (Å²) in [6.07, 6.45) is 2.56. The second kappa shape index (κ2) is 11.6. The van der Waals surface area contributed by atoms with Gasteiger partial charge in [0.25, 0.3) is 5.91 Å². The lowest BCUT2D eigenvalue weighted by molar-refractivity contribution is -0.130. The van der Waals surface area contributed by atoms with Crippen LogP contribution in [-0.2, 0) is 11.2 Å². The van der Waals surface area contributed by atoms with Gasteiger partial charge in [0, 0.05) is 78.2 Å². The number of piperazine rings is 1. The number of hydrogen-bond acceptors (Lipinski definition) is 5. The highest BCUT2D eigenvalue weighted by Gasteiger charge is 2.23. The smallest absolute Gasteiger partial charge is 0.255 e. The van der Waals surface area contributed by atoms with Gasteiger partial charge in [-0.3, -0.25) is 9.59 Å². The lowest BCUT2D eigenvalue weighted by Gasteiger charge is -2.36. The Morgan fingerprint density at radius 1 is 0.868 bits per heavy atom. The molecule has 0 aliphatic carbocycles. The second-order valence-corrected chi connectivity index (χ2v) is 10.6. The van der Waals surface area contributed by atoms with Gasteiger partial charge in [-0.05, 0) is 68.3 Å². The molecule has 1 aromatic heterocycles. The van der Waals surface area contributed by atoms with Gasteiger partial charge in [-0.15, -0.1) is 0 Å². The van der Waals surface area contributed by atoms with Crippen LogP contribution in [0.1, 0.15) is 34.5 Å². The number of rotatable bonds is 6. The maximum atomic E-state index is 12.9. The molecule has 2 fully saturated rings. The average molecular weight is 553 g/mol. The first kappa shape index (κ1) is 26.3. The maximum Gasteiger partial charge on any atom is 0.255 e. The third kappa shape index (κ3) is 6.05. The zero-order chi connectivity index (χ0) is 26.6. The van der Waals surface area contributed by atoms with Crippen LogP contribution in [0.3, 0.4) is 0 Å². The Morgan fingerprint density at radius 3 is 2.24 bits per heavy atom. The third-order valence-electron chi connectivity index (χ3n) is 7.18. The first-order valence-electron chi connectivity index (χ1n) is 13.0. The van der Waals surface area contributed by atoms with Crippen molar-refractivity contribution in [1.82, 2.24) is 9.88 Å². The van der Waals surface area contributed by atoms with Gasteiger partial charge >= 0.3 is 0 Å². The van der Waals surface area contributed by atoms with E-state index in [9.17, 15) is 9.59 Å². The monoisotopic (exact) mass is 551 g/mol. The summed E-state index contributed by atoms with van der Waals surface area (Å²) < 4.78 is 0. The van der Waals surface area contributed by atoms with Crippen LogP contribution in [0.4, 0.5) is 17.1 Å². The zero-order valence-electron chi connectivity index (χ0n) is 21.4. The van der Waals surface area contributed by atoms with Crippen molar-refractivity contribution >= 4 is 52.1 Å². The Balaban J connectivity index is 1.15. The molecule has 2 aliphatic heterocycles. The molecule has 0 radical (unpaired) electrons. The molecule has 7 nitrogen and oxygen atoms in total. The van der Waals surface area contributed by atoms with E-state index in [4.69, 9.17) is 23.2 Å². The van der Waals surface area contributed by atoms with Crippen molar-refractivity contribution < 1.29 is 9.59 Å². The number of anilines is 3. The van der Waals surface area contributed by atoms with E-state index in [0.717, 1.165) is 35.8 Å². The second-order valence-electron chi connectivity index (χ2n) is 9.80. The van der Waals surface area contributed by atoms with Crippen molar-refractivity contribution in [2.75, 3.05) is 54.4 Å². The fraction of sp³-hybridized carbons (Fsp3) is 0.345. The van der Waals surface area contributed by atoms with E-state index in [-0.39, 0.29) is 23.4 Å². The fourth-order valence-corrected chi connectivity index (χ4v) is 5.71. The van der Waals surface area contributed by atoms with Crippen LogP contribution in [0.15, 0.2) is 54.6 Å². The maximum absolute atomic E-state index is 12.9. The summed E-state index contributed by atoms with van der Waals surface area (Å²) in [6, 6.07) is 17.4. The predicted octanol–water partition coefficient (Wildman–Crippen LogP) is 5.44. The Labute approximate surface area is 233 Å². The van der Waals surface area contributed by atoms with E-state index in [1.807, 2.05) is 54.3 Å². The van der Waals surface area contributed by atoms with Crippen molar-refractivity contribution in [3.05, 3.63) is 81.6 Å². The van der Waals surface area contributed by atoms with Crippen molar-refractivity contribution in [2.45, 2.75) is 26.2 Å². The zero-order valence-corrected chi connectivity index (χ0v) is 22.9. The third-order valence-corrected chi connectivity index (χ3v) is 7.83. The van der Waals surface area contributed by atoms with Crippen molar-refractivity contribution in [2.24, 2.45) is 0 Å². The number of carbonyl (C=O) groups is 2. The van der Waals surface area contributed by atoms with Gasteiger partial charge in [0.2, 0.25) is 5.91 Å². The highest BCUT2D eigenvalue weighted by molar-refractivity contribution is 6.35. The van der Waals surface area contributed by atoms with Crippen LogP contribution in [0.25, 0.3) is 0 Å². The largest absolute Gasteiger partial charge is 0.371 e. The van der Waals surface area contributed by atoms with Gasteiger partial charge in [0.05, 0.1) is 6.42 Å². The number of aryl methyl sites for hydroxylation is 1. The standard InChI is InChI=1S/C29H31Cl2N5O2/c1-20-17-26(30)25(28(31)32-20)19-27(37)36-15-13-35(14-16-36)23-9-7-21(8-10-23)29(38)33-22-5-4-6-24(18-22)34-11-2-3-12-34/h4-10,17-18H,2-3,11-16,19H2,1H3,(H,33,38). The molecule has 2 aromatic carbocycles. The fourth-order valence-electron chi connectivity index (χ4n) is 5.04. The van der Waals surface area contributed by atoms with Crippen LogP contribution < -0.4 is 15.1 Å². The summed E-state index contributed by atoms with van der Waals surface area (Å²) in [5.74, 6) is -0.145. The molecular formula is C29H31Cl2N5O2. The SMILES string of the molecule is Cc1cc(Cl)c(CC(=O)N2CCN(c3ccc(C(=O)Nc4cccc(N5CCCC5)c4)cc3)CC2)c(Cl)n1. The van der Waals surface area contributed by atoms with Gasteiger partial charge in [0.1, 0.15) is 5.15 Å². The number of halogens is 2. The van der Waals surface area contributed by atoms with E-state index in [1.54, 1.807) is 6.07 Å². The quantitative estimate of drug-likeness (QED) is 0.413. The molecule has 2 saturated heterocycles. The molecule has 38 heavy (non-hydrogen) atoms. The molecule has 9 heteroatoms. The summed E-state index contributed by atoms with van der Waals surface area (Å²) in [5.41, 5.74) is 4.87. The highest BCUT2D eigenvalue weighted by atomic mass is 35.5. The topological polar surface area (TPSA) is 68.8 Å².